The predicted molar refractivity (Wildman–Crippen MR) is 71.2 cm³/mol. The van der Waals surface area contributed by atoms with Crippen LogP contribution in [-0.2, 0) is 4.79 Å². The average molecular weight is 353 g/mol. The molecule has 3 aliphatic rings. The van der Waals surface area contributed by atoms with Gasteiger partial charge in [0.15, 0.2) is 0 Å². The Morgan fingerprint density at radius 3 is 2.75 bits per heavy atom. The highest BCUT2D eigenvalue weighted by atomic mass is 79.9. The van der Waals surface area contributed by atoms with Gasteiger partial charge in [0.05, 0.1) is 0 Å². The maximum absolute atomic E-state index is 13.1. The van der Waals surface area contributed by atoms with Crippen molar-refractivity contribution >= 4 is 21.8 Å². The Hall–Kier alpha value is -0.560. The molecule has 2 bridgehead atoms. The summed E-state index contributed by atoms with van der Waals surface area (Å²) in [5, 5.41) is 3.32. The fourth-order valence-corrected chi connectivity index (χ4v) is 4.78. The van der Waals surface area contributed by atoms with Crippen molar-refractivity contribution in [1.29, 1.82) is 0 Å². The van der Waals surface area contributed by atoms with E-state index >= 15 is 0 Å². The number of hydrogen-bond donors (Lipinski definition) is 1. The summed E-state index contributed by atoms with van der Waals surface area (Å²) in [7, 11) is 0. The van der Waals surface area contributed by atoms with Crippen LogP contribution in [0.4, 0.5) is 13.2 Å². The second-order valence-electron chi connectivity index (χ2n) is 6.18. The van der Waals surface area contributed by atoms with Crippen LogP contribution in [0.2, 0.25) is 0 Å². The van der Waals surface area contributed by atoms with Gasteiger partial charge in [-0.25, -0.2) is 0 Å². The topological polar surface area (TPSA) is 32.3 Å². The molecule has 112 valence electrons. The zero-order chi connectivity index (χ0) is 14.7. The van der Waals surface area contributed by atoms with Gasteiger partial charge in [0, 0.05) is 29.5 Å². The molecule has 3 nitrogen and oxygen atoms in total. The molecule has 3 unspecified atom stereocenters. The van der Waals surface area contributed by atoms with Crippen LogP contribution < -0.4 is 5.32 Å². The van der Waals surface area contributed by atoms with E-state index in [-0.39, 0.29) is 22.7 Å². The molecule has 0 aliphatic carbocycles. The molecule has 0 aromatic carbocycles. The molecule has 7 heteroatoms. The van der Waals surface area contributed by atoms with Crippen molar-refractivity contribution in [2.45, 2.75) is 31.5 Å². The monoisotopic (exact) mass is 352 g/mol. The molecule has 2 fully saturated rings. The van der Waals surface area contributed by atoms with Crippen molar-refractivity contribution in [2.24, 2.45) is 11.8 Å². The molecular weight excluding hydrogens is 337 g/mol. The van der Waals surface area contributed by atoms with Crippen LogP contribution in [0.5, 0.6) is 0 Å². The van der Waals surface area contributed by atoms with Crippen LogP contribution in [0.1, 0.15) is 19.8 Å². The van der Waals surface area contributed by atoms with E-state index in [2.05, 4.69) is 21.2 Å². The molecule has 0 saturated carbocycles. The minimum atomic E-state index is -4.60. The number of alkyl halides is 3. The summed E-state index contributed by atoms with van der Waals surface area (Å²) >= 11 is 3.01. The van der Waals surface area contributed by atoms with Crippen molar-refractivity contribution in [1.82, 2.24) is 10.2 Å². The maximum atomic E-state index is 13.1. The predicted octanol–water partition coefficient (Wildman–Crippen LogP) is 2.43. The Morgan fingerprint density at radius 2 is 2.10 bits per heavy atom. The van der Waals surface area contributed by atoms with Crippen molar-refractivity contribution < 1.29 is 18.0 Å². The van der Waals surface area contributed by atoms with Crippen LogP contribution in [0.15, 0.2) is 10.1 Å². The SMILES string of the molecule is CC12CC(Br)=C(C(F)(F)F)C(=O)N1CC1CNCC2C1. The van der Waals surface area contributed by atoms with E-state index in [1.165, 1.54) is 4.90 Å². The smallest absolute Gasteiger partial charge is 0.332 e. The number of hydrogen-bond acceptors (Lipinski definition) is 2. The van der Waals surface area contributed by atoms with Gasteiger partial charge in [0.1, 0.15) is 5.57 Å². The first-order valence-electron chi connectivity index (χ1n) is 6.72. The molecule has 1 amide bonds. The molecule has 3 heterocycles. The molecule has 0 radical (unpaired) electrons. The number of fused-ring (bicyclic) bond motifs is 4. The Kier molecular flexibility index (Phi) is 3.21. The second-order valence-corrected chi connectivity index (χ2v) is 7.14. The molecular formula is C13H16BrF3N2O. The number of amides is 1. The second kappa shape index (κ2) is 4.47. The van der Waals surface area contributed by atoms with Gasteiger partial charge in [0.2, 0.25) is 0 Å². The normalized spacial score (nSPS) is 38.0. The maximum Gasteiger partial charge on any atom is 0.422 e. The molecule has 0 spiro atoms. The fourth-order valence-electron chi connectivity index (χ4n) is 3.81. The van der Waals surface area contributed by atoms with Gasteiger partial charge in [-0.3, -0.25) is 4.79 Å². The van der Waals surface area contributed by atoms with Crippen molar-refractivity contribution in [3.05, 3.63) is 10.1 Å². The highest BCUT2D eigenvalue weighted by molar-refractivity contribution is 9.11. The third-order valence-electron chi connectivity index (χ3n) is 4.91. The zero-order valence-electron chi connectivity index (χ0n) is 11.1. The molecule has 2 saturated heterocycles. The lowest BCUT2D eigenvalue weighted by Crippen LogP contribution is -2.67. The van der Waals surface area contributed by atoms with Crippen molar-refractivity contribution in [2.75, 3.05) is 19.6 Å². The minimum Gasteiger partial charge on any atom is -0.332 e. The summed E-state index contributed by atoms with van der Waals surface area (Å²) in [5.74, 6) is -0.395. The Morgan fingerprint density at radius 1 is 1.40 bits per heavy atom. The van der Waals surface area contributed by atoms with E-state index in [0.717, 1.165) is 19.5 Å². The van der Waals surface area contributed by atoms with E-state index in [9.17, 15) is 18.0 Å². The van der Waals surface area contributed by atoms with Gasteiger partial charge in [-0.1, -0.05) is 15.9 Å². The van der Waals surface area contributed by atoms with E-state index in [0.29, 0.717) is 6.54 Å². The van der Waals surface area contributed by atoms with E-state index < -0.39 is 23.2 Å². The third-order valence-corrected chi connectivity index (χ3v) is 5.58. The van der Waals surface area contributed by atoms with Gasteiger partial charge in [-0.2, -0.15) is 13.2 Å². The largest absolute Gasteiger partial charge is 0.422 e. The standard InChI is InChI=1S/C13H16BrF3N2O/c1-12-3-9(14)10(13(15,16)17)11(20)19(12)6-7-2-8(12)5-18-4-7/h7-8,18H,2-6H2,1H3. The van der Waals surface area contributed by atoms with Gasteiger partial charge in [-0.05, 0) is 31.7 Å². The van der Waals surface area contributed by atoms with Crippen molar-refractivity contribution in [3.8, 4) is 0 Å². The number of carbonyl (C=O) groups excluding carboxylic acids is 1. The van der Waals surface area contributed by atoms with E-state index in [1.54, 1.807) is 0 Å². The quantitative estimate of drug-likeness (QED) is 0.726. The molecule has 3 rings (SSSR count). The third kappa shape index (κ3) is 2.01. The van der Waals surface area contributed by atoms with Crippen LogP contribution >= 0.6 is 15.9 Å². The summed E-state index contributed by atoms with van der Waals surface area (Å²) in [6.07, 6.45) is -3.37. The molecule has 0 aromatic heterocycles. The number of nitrogens with one attached hydrogen (secondary N) is 1. The van der Waals surface area contributed by atoms with Gasteiger partial charge < -0.3 is 10.2 Å². The lowest BCUT2D eigenvalue weighted by atomic mass is 9.68. The minimum absolute atomic E-state index is 0.00206. The number of halogens is 4. The first-order valence-corrected chi connectivity index (χ1v) is 7.51. The van der Waals surface area contributed by atoms with Crippen LogP contribution in [0.3, 0.4) is 0 Å². The number of carbonyl (C=O) groups is 1. The first kappa shape index (κ1) is 14.4. The fraction of sp³-hybridized carbons (Fsp3) is 0.769. The zero-order valence-corrected chi connectivity index (χ0v) is 12.6. The van der Waals surface area contributed by atoms with Gasteiger partial charge >= 0.3 is 6.18 Å². The molecule has 0 aromatic rings. The number of nitrogens with zero attached hydrogens (tertiary/aromatic N) is 1. The summed E-state index contributed by atoms with van der Waals surface area (Å²) in [4.78, 5) is 13.8. The number of piperidine rings is 2. The van der Waals surface area contributed by atoms with E-state index in [1.807, 2.05) is 6.92 Å². The van der Waals surface area contributed by atoms with Gasteiger partial charge in [-0.15, -0.1) is 0 Å². The van der Waals surface area contributed by atoms with Crippen LogP contribution in [-0.4, -0.2) is 42.2 Å². The lowest BCUT2D eigenvalue weighted by molar-refractivity contribution is -0.155. The highest BCUT2D eigenvalue weighted by Crippen LogP contribution is 2.49. The Bertz CT molecular complexity index is 490. The van der Waals surface area contributed by atoms with Crippen LogP contribution in [0.25, 0.3) is 0 Å². The van der Waals surface area contributed by atoms with Gasteiger partial charge in [0.25, 0.3) is 5.91 Å². The molecule has 1 N–H and O–H groups in total. The summed E-state index contributed by atoms with van der Waals surface area (Å²) in [6, 6.07) is 0. The Balaban J connectivity index is 2.04. The summed E-state index contributed by atoms with van der Waals surface area (Å²) in [5.41, 5.74) is -1.54. The highest BCUT2D eigenvalue weighted by Gasteiger charge is 2.56. The van der Waals surface area contributed by atoms with Crippen molar-refractivity contribution in [3.63, 3.8) is 0 Å². The summed E-state index contributed by atoms with van der Waals surface area (Å²) in [6.45, 7) is 3.87. The average Bonchev–Trinajstić information content (AvgIpc) is 2.31. The first-order chi connectivity index (χ1) is 9.23. The number of rotatable bonds is 0. The lowest BCUT2D eigenvalue weighted by Gasteiger charge is -2.57. The molecule has 20 heavy (non-hydrogen) atoms. The molecule has 3 aliphatic heterocycles. The summed E-state index contributed by atoms with van der Waals surface area (Å²) < 4.78 is 39.2. The van der Waals surface area contributed by atoms with E-state index in [4.69, 9.17) is 0 Å². The van der Waals surface area contributed by atoms with Crippen LogP contribution in [0, 0.1) is 11.8 Å². The Labute approximate surface area is 123 Å². The molecule has 3 atom stereocenters.